The largest absolute Gasteiger partial charge is 0.494 e. The minimum atomic E-state index is -0.491. The van der Waals surface area contributed by atoms with Gasteiger partial charge in [-0.25, -0.2) is 0 Å². The maximum absolute atomic E-state index is 13.5. The van der Waals surface area contributed by atoms with Gasteiger partial charge in [-0.2, -0.15) is 0 Å². The van der Waals surface area contributed by atoms with Crippen molar-refractivity contribution >= 4 is 16.9 Å². The number of hydrogen-bond donors (Lipinski definition) is 0. The summed E-state index contributed by atoms with van der Waals surface area (Å²) in [5, 5.41) is 0.493. The average Bonchev–Trinajstić information content (AvgIpc) is 3.14. The average molecular weight is 449 g/mol. The molecule has 0 N–H and O–H groups in total. The van der Waals surface area contributed by atoms with Crippen LogP contribution in [0.2, 0.25) is 0 Å². The third kappa shape index (κ3) is 4.14. The monoisotopic (exact) mass is 448 g/mol. The molecule has 1 atom stereocenters. The van der Waals surface area contributed by atoms with Gasteiger partial charge in [-0.15, -0.1) is 0 Å². The summed E-state index contributed by atoms with van der Waals surface area (Å²) >= 11 is 0. The Morgan fingerprint density at radius 3 is 2.52 bits per heavy atom. The molecular weight excluding hydrogens is 420 g/mol. The number of amides is 1. The molecule has 0 aliphatic carbocycles. The van der Waals surface area contributed by atoms with E-state index in [1.165, 1.54) is 0 Å². The Morgan fingerprint density at radius 2 is 1.76 bits per heavy atom. The molecule has 7 heteroatoms. The fourth-order valence-electron chi connectivity index (χ4n) is 4.58. The summed E-state index contributed by atoms with van der Waals surface area (Å²) in [7, 11) is 0. The Hall–Kier alpha value is -3.16. The molecule has 33 heavy (non-hydrogen) atoms. The first-order chi connectivity index (χ1) is 16.2. The van der Waals surface area contributed by atoms with Crippen LogP contribution in [-0.2, 0) is 4.74 Å². The molecule has 172 valence electrons. The number of carbonyl (C=O) groups excluding carboxylic acids is 1. The molecule has 2 aliphatic heterocycles. The summed E-state index contributed by atoms with van der Waals surface area (Å²) < 4.78 is 17.2. The fraction of sp³-hybridized carbons (Fsp3) is 0.385. The maximum atomic E-state index is 13.5. The van der Waals surface area contributed by atoms with Gasteiger partial charge in [0.05, 0.1) is 36.8 Å². The molecule has 2 aromatic carbocycles. The van der Waals surface area contributed by atoms with E-state index < -0.39 is 6.04 Å². The zero-order valence-electron chi connectivity index (χ0n) is 18.8. The molecule has 0 radical (unpaired) electrons. The smallest absolute Gasteiger partial charge is 0.290 e. The lowest BCUT2D eigenvalue weighted by molar-refractivity contribution is 0.0314. The SMILES string of the molecule is CCCOc1ccc([C@H]2c3c(oc4ccccc4c3=O)C(=O)N2CCN2CCOCC2)cc1. The van der Waals surface area contributed by atoms with E-state index in [2.05, 4.69) is 11.8 Å². The number of hydrogen-bond acceptors (Lipinski definition) is 6. The second kappa shape index (κ2) is 9.37. The fourth-order valence-corrected chi connectivity index (χ4v) is 4.58. The Kier molecular flexibility index (Phi) is 6.15. The van der Waals surface area contributed by atoms with Crippen molar-refractivity contribution in [1.29, 1.82) is 0 Å². The van der Waals surface area contributed by atoms with Gasteiger partial charge in [-0.05, 0) is 36.2 Å². The second-order valence-electron chi connectivity index (χ2n) is 8.44. The van der Waals surface area contributed by atoms with Crippen molar-refractivity contribution in [3.8, 4) is 5.75 Å². The summed E-state index contributed by atoms with van der Waals surface area (Å²) in [6, 6.07) is 14.3. The van der Waals surface area contributed by atoms with Crippen molar-refractivity contribution in [2.45, 2.75) is 19.4 Å². The molecule has 1 aromatic heterocycles. The van der Waals surface area contributed by atoms with Crippen LogP contribution in [0.5, 0.6) is 5.75 Å². The molecule has 3 aromatic rings. The third-order valence-electron chi connectivity index (χ3n) is 6.30. The molecule has 0 bridgehead atoms. The van der Waals surface area contributed by atoms with Crippen LogP contribution in [0.1, 0.15) is 41.1 Å². The van der Waals surface area contributed by atoms with Crippen molar-refractivity contribution in [1.82, 2.24) is 9.80 Å². The van der Waals surface area contributed by atoms with E-state index in [-0.39, 0.29) is 17.1 Å². The Labute approximate surface area is 192 Å². The number of rotatable bonds is 7. The van der Waals surface area contributed by atoms with Crippen LogP contribution >= 0.6 is 0 Å². The standard InChI is InChI=1S/C26H28N2O5/c1-2-15-32-19-9-7-18(8-10-19)23-22-24(29)20-5-3-4-6-21(20)33-25(22)26(30)28(23)12-11-27-13-16-31-17-14-27/h3-10,23H,2,11-17H2,1H3/t23-/m0/s1. The lowest BCUT2D eigenvalue weighted by Crippen LogP contribution is -2.42. The highest BCUT2D eigenvalue weighted by atomic mass is 16.5. The molecule has 2 aliphatic rings. The van der Waals surface area contributed by atoms with E-state index in [4.69, 9.17) is 13.9 Å². The molecular formula is C26H28N2O5. The second-order valence-corrected chi connectivity index (χ2v) is 8.44. The van der Waals surface area contributed by atoms with Crippen molar-refractivity contribution in [3.63, 3.8) is 0 Å². The minimum Gasteiger partial charge on any atom is -0.494 e. The van der Waals surface area contributed by atoms with E-state index in [0.717, 1.165) is 30.8 Å². The van der Waals surface area contributed by atoms with Crippen molar-refractivity contribution in [2.24, 2.45) is 0 Å². The Bertz CT molecular complexity index is 1200. The molecule has 0 saturated carbocycles. The zero-order valence-corrected chi connectivity index (χ0v) is 18.8. The van der Waals surface area contributed by atoms with Crippen LogP contribution in [0, 0.1) is 0 Å². The van der Waals surface area contributed by atoms with Gasteiger partial charge in [0, 0.05) is 26.2 Å². The number of nitrogens with zero attached hydrogens (tertiary/aromatic N) is 2. The van der Waals surface area contributed by atoms with Gasteiger partial charge >= 0.3 is 0 Å². The third-order valence-corrected chi connectivity index (χ3v) is 6.30. The molecule has 1 amide bonds. The molecule has 3 heterocycles. The lowest BCUT2D eigenvalue weighted by Gasteiger charge is -2.31. The highest BCUT2D eigenvalue weighted by Crippen LogP contribution is 2.38. The van der Waals surface area contributed by atoms with Crippen LogP contribution in [0.25, 0.3) is 11.0 Å². The first-order valence-corrected chi connectivity index (χ1v) is 11.6. The van der Waals surface area contributed by atoms with Gasteiger partial charge in [0.25, 0.3) is 5.91 Å². The van der Waals surface area contributed by atoms with E-state index in [0.29, 0.717) is 49.4 Å². The molecule has 0 spiro atoms. The lowest BCUT2D eigenvalue weighted by atomic mass is 9.98. The van der Waals surface area contributed by atoms with Crippen molar-refractivity contribution < 1.29 is 18.7 Å². The highest BCUT2D eigenvalue weighted by Gasteiger charge is 2.42. The van der Waals surface area contributed by atoms with E-state index >= 15 is 0 Å². The zero-order chi connectivity index (χ0) is 22.8. The van der Waals surface area contributed by atoms with Gasteiger partial charge in [-0.3, -0.25) is 14.5 Å². The summed E-state index contributed by atoms with van der Waals surface area (Å²) in [6.07, 6.45) is 0.926. The van der Waals surface area contributed by atoms with E-state index in [9.17, 15) is 9.59 Å². The number of fused-ring (bicyclic) bond motifs is 2. The number of morpholine rings is 1. The van der Waals surface area contributed by atoms with Crippen LogP contribution in [0.15, 0.2) is 57.7 Å². The van der Waals surface area contributed by atoms with Crippen LogP contribution in [0.3, 0.4) is 0 Å². The van der Waals surface area contributed by atoms with Crippen molar-refractivity contribution in [3.05, 3.63) is 75.6 Å². The summed E-state index contributed by atoms with van der Waals surface area (Å²) in [4.78, 5) is 31.1. The maximum Gasteiger partial charge on any atom is 0.290 e. The molecule has 1 saturated heterocycles. The van der Waals surface area contributed by atoms with Gasteiger partial charge in [0.15, 0.2) is 5.43 Å². The van der Waals surface area contributed by atoms with Gasteiger partial charge in [-0.1, -0.05) is 31.2 Å². The normalized spacial score (nSPS) is 18.6. The Balaban J connectivity index is 1.54. The van der Waals surface area contributed by atoms with Gasteiger partial charge < -0.3 is 18.8 Å². The number of ether oxygens (including phenoxy) is 2. The number of benzene rings is 2. The van der Waals surface area contributed by atoms with Crippen LogP contribution < -0.4 is 10.2 Å². The predicted octanol–water partition coefficient (Wildman–Crippen LogP) is 3.46. The quantitative estimate of drug-likeness (QED) is 0.551. The first-order valence-electron chi connectivity index (χ1n) is 11.6. The van der Waals surface area contributed by atoms with Gasteiger partial charge in [0.1, 0.15) is 11.3 Å². The van der Waals surface area contributed by atoms with Crippen LogP contribution in [-0.4, -0.2) is 61.7 Å². The van der Waals surface area contributed by atoms with E-state index in [1.54, 1.807) is 23.1 Å². The predicted molar refractivity (Wildman–Crippen MR) is 125 cm³/mol. The molecule has 5 rings (SSSR count). The Morgan fingerprint density at radius 1 is 1.00 bits per heavy atom. The molecule has 0 unspecified atom stereocenters. The highest BCUT2D eigenvalue weighted by molar-refractivity contribution is 5.99. The number of carbonyl (C=O) groups is 1. The van der Waals surface area contributed by atoms with E-state index in [1.807, 2.05) is 30.3 Å². The minimum absolute atomic E-state index is 0.148. The molecule has 7 nitrogen and oxygen atoms in total. The molecule has 1 fully saturated rings. The summed E-state index contributed by atoms with van der Waals surface area (Å²) in [5.74, 6) is 0.685. The van der Waals surface area contributed by atoms with Gasteiger partial charge in [0.2, 0.25) is 5.76 Å². The first kappa shape index (κ1) is 21.7. The number of para-hydroxylation sites is 1. The van der Waals surface area contributed by atoms with Crippen LogP contribution in [0.4, 0.5) is 0 Å². The summed E-state index contributed by atoms with van der Waals surface area (Å²) in [6.45, 7) is 6.98. The topological polar surface area (TPSA) is 72.2 Å². The van der Waals surface area contributed by atoms with Crippen molar-refractivity contribution in [2.75, 3.05) is 46.0 Å². The summed E-state index contributed by atoms with van der Waals surface area (Å²) in [5.41, 5.74) is 1.58.